The lowest BCUT2D eigenvalue weighted by molar-refractivity contribution is -0.275. The number of methoxy groups -OCH3 is 4. The second-order valence-corrected chi connectivity index (χ2v) is 15.0. The minimum Gasteiger partial charge on any atom is -0.496 e. The van der Waals surface area contributed by atoms with Gasteiger partial charge in [0.2, 0.25) is 0 Å². The van der Waals surface area contributed by atoms with E-state index in [0.717, 1.165) is 33.4 Å². The standard InChI is InChI=1S/C51H52O10/c1-52-42-26-38-25-39-41(60-40(38)27-43(42)53-2)28-44(54-3)46(47(39)55-4)49-51(59-32-37-23-15-8-16-24-37)50(58-31-36-21-13-7-14-22-36)48(57-30-35-19-11-6-12-20-35)45(61-49)33-56-29-34-17-9-5-10-18-34/h5-24,26-28,45,48-51H,25,29-33H2,1-4H3/t45-,48-,49+,50+,51+/m1/s1. The zero-order valence-electron chi connectivity index (χ0n) is 35.0. The number of hydrogen-bond donors (Lipinski definition) is 0. The Morgan fingerprint density at radius 3 is 1.49 bits per heavy atom. The van der Waals surface area contributed by atoms with Crippen LogP contribution in [0.25, 0.3) is 0 Å². The number of hydrogen-bond acceptors (Lipinski definition) is 10. The molecule has 8 rings (SSSR count). The summed E-state index contributed by atoms with van der Waals surface area (Å²) in [6.07, 6.45) is -2.92. The summed E-state index contributed by atoms with van der Waals surface area (Å²) >= 11 is 0. The summed E-state index contributed by atoms with van der Waals surface area (Å²) in [4.78, 5) is 0. The van der Waals surface area contributed by atoms with Crippen LogP contribution in [0.5, 0.6) is 34.5 Å². The van der Waals surface area contributed by atoms with E-state index < -0.39 is 30.5 Å². The fraction of sp³-hybridized carbons (Fsp3) is 0.294. The minimum absolute atomic E-state index is 0.204. The number of rotatable bonds is 18. The highest BCUT2D eigenvalue weighted by molar-refractivity contribution is 5.65. The van der Waals surface area contributed by atoms with Crippen molar-refractivity contribution in [3.05, 3.63) is 178 Å². The van der Waals surface area contributed by atoms with Gasteiger partial charge in [0.25, 0.3) is 0 Å². The Morgan fingerprint density at radius 2 is 0.967 bits per heavy atom. The van der Waals surface area contributed by atoms with Gasteiger partial charge in [-0.3, -0.25) is 0 Å². The maximum absolute atomic E-state index is 7.31. The Bertz CT molecular complexity index is 2310. The molecule has 2 aliphatic rings. The van der Waals surface area contributed by atoms with Gasteiger partial charge in [-0.15, -0.1) is 0 Å². The molecule has 2 aliphatic heterocycles. The summed E-state index contributed by atoms with van der Waals surface area (Å²) < 4.78 is 65.3. The lowest BCUT2D eigenvalue weighted by Gasteiger charge is -2.47. The fourth-order valence-electron chi connectivity index (χ4n) is 8.07. The molecule has 61 heavy (non-hydrogen) atoms. The zero-order valence-corrected chi connectivity index (χ0v) is 35.0. The molecule has 0 N–H and O–H groups in total. The van der Waals surface area contributed by atoms with Gasteiger partial charge in [-0.05, 0) is 28.3 Å². The van der Waals surface area contributed by atoms with Gasteiger partial charge in [0, 0.05) is 29.7 Å². The molecular formula is C51H52O10. The molecule has 0 unspecified atom stereocenters. The topological polar surface area (TPSA) is 92.3 Å². The molecule has 316 valence electrons. The summed E-state index contributed by atoms with van der Waals surface area (Å²) in [5, 5.41) is 0. The van der Waals surface area contributed by atoms with E-state index in [2.05, 4.69) is 12.1 Å². The average Bonchev–Trinajstić information content (AvgIpc) is 3.31. The number of ether oxygens (including phenoxy) is 10. The number of fused-ring (bicyclic) bond motifs is 2. The lowest BCUT2D eigenvalue weighted by Crippen LogP contribution is -2.58. The Hall–Kier alpha value is -5.88. The Morgan fingerprint density at radius 1 is 0.492 bits per heavy atom. The summed E-state index contributed by atoms with van der Waals surface area (Å²) in [6, 6.07) is 46.0. The molecule has 0 amide bonds. The van der Waals surface area contributed by atoms with Crippen molar-refractivity contribution in [3.63, 3.8) is 0 Å². The van der Waals surface area contributed by atoms with Gasteiger partial charge < -0.3 is 47.4 Å². The highest BCUT2D eigenvalue weighted by Crippen LogP contribution is 2.53. The number of benzene rings is 6. The van der Waals surface area contributed by atoms with Gasteiger partial charge >= 0.3 is 0 Å². The van der Waals surface area contributed by atoms with E-state index in [9.17, 15) is 0 Å². The third-order valence-electron chi connectivity index (χ3n) is 11.1. The molecule has 5 atom stereocenters. The monoisotopic (exact) mass is 824 g/mol. The molecule has 0 saturated carbocycles. The second-order valence-electron chi connectivity index (χ2n) is 15.0. The third kappa shape index (κ3) is 9.70. The van der Waals surface area contributed by atoms with Crippen molar-refractivity contribution < 1.29 is 47.4 Å². The van der Waals surface area contributed by atoms with Crippen molar-refractivity contribution in [2.45, 2.75) is 63.4 Å². The van der Waals surface area contributed by atoms with E-state index >= 15 is 0 Å². The van der Waals surface area contributed by atoms with E-state index in [1.165, 1.54) is 0 Å². The molecular weight excluding hydrogens is 773 g/mol. The molecule has 10 nitrogen and oxygen atoms in total. The first kappa shape index (κ1) is 41.8. The highest BCUT2D eigenvalue weighted by Gasteiger charge is 2.51. The first-order valence-electron chi connectivity index (χ1n) is 20.5. The molecule has 2 heterocycles. The highest BCUT2D eigenvalue weighted by atomic mass is 16.6. The molecule has 1 fully saturated rings. The SMILES string of the molecule is COc1cc2c(cc1OC)Oc1cc(OC)c([C@@H]3O[C@H](COCc4ccccc4)[C@@H](OCc4ccccc4)[C@H](OCc4ccccc4)[C@H]3OCc3ccccc3)c(OC)c1C2. The Labute approximate surface area is 357 Å². The lowest BCUT2D eigenvalue weighted by atomic mass is 9.87. The minimum atomic E-state index is -0.784. The van der Waals surface area contributed by atoms with E-state index in [-0.39, 0.29) is 13.2 Å². The Kier molecular flexibility index (Phi) is 13.8. The quantitative estimate of drug-likeness (QED) is 0.0833. The van der Waals surface area contributed by atoms with Gasteiger partial charge in [-0.1, -0.05) is 121 Å². The average molecular weight is 825 g/mol. The van der Waals surface area contributed by atoms with Gasteiger partial charge in [0.05, 0.1) is 67.0 Å². The van der Waals surface area contributed by atoms with Crippen LogP contribution < -0.4 is 23.7 Å². The van der Waals surface area contributed by atoms with Crippen LogP contribution in [-0.2, 0) is 56.5 Å². The maximum atomic E-state index is 7.31. The molecule has 0 radical (unpaired) electrons. The maximum Gasteiger partial charge on any atom is 0.164 e. The van der Waals surface area contributed by atoms with Crippen molar-refractivity contribution in [1.82, 2.24) is 0 Å². The molecule has 6 aromatic rings. The van der Waals surface area contributed by atoms with Crippen molar-refractivity contribution in [1.29, 1.82) is 0 Å². The van der Waals surface area contributed by atoms with Crippen LogP contribution in [-0.4, -0.2) is 59.5 Å². The van der Waals surface area contributed by atoms with Crippen molar-refractivity contribution in [2.24, 2.45) is 0 Å². The molecule has 0 aromatic heterocycles. The van der Waals surface area contributed by atoms with Crippen LogP contribution in [0, 0.1) is 0 Å². The third-order valence-corrected chi connectivity index (χ3v) is 11.1. The van der Waals surface area contributed by atoms with Crippen LogP contribution in [0.1, 0.15) is 45.0 Å². The van der Waals surface area contributed by atoms with Gasteiger partial charge in [-0.2, -0.15) is 0 Å². The largest absolute Gasteiger partial charge is 0.496 e. The van der Waals surface area contributed by atoms with Gasteiger partial charge in [0.1, 0.15) is 53.5 Å². The smallest absolute Gasteiger partial charge is 0.164 e. The normalized spacial score (nSPS) is 19.2. The van der Waals surface area contributed by atoms with Crippen molar-refractivity contribution >= 4 is 0 Å². The van der Waals surface area contributed by atoms with E-state index in [4.69, 9.17) is 47.4 Å². The predicted octanol–water partition coefficient (Wildman–Crippen LogP) is 9.83. The first-order valence-corrected chi connectivity index (χ1v) is 20.5. The van der Waals surface area contributed by atoms with Crippen LogP contribution in [0.4, 0.5) is 0 Å². The van der Waals surface area contributed by atoms with Gasteiger partial charge in [0.15, 0.2) is 11.5 Å². The van der Waals surface area contributed by atoms with Crippen LogP contribution in [0.15, 0.2) is 140 Å². The van der Waals surface area contributed by atoms with E-state index in [1.807, 2.05) is 127 Å². The zero-order chi connectivity index (χ0) is 42.0. The summed E-state index contributed by atoms with van der Waals surface area (Å²) in [6.45, 7) is 1.50. The fourth-order valence-corrected chi connectivity index (χ4v) is 8.07. The molecule has 1 saturated heterocycles. The van der Waals surface area contributed by atoms with E-state index in [0.29, 0.717) is 66.3 Å². The summed E-state index contributed by atoms with van der Waals surface area (Å²) in [5.41, 5.74) is 6.47. The Balaban J connectivity index is 1.24. The van der Waals surface area contributed by atoms with Crippen molar-refractivity contribution in [2.75, 3.05) is 35.0 Å². The molecule has 6 aromatic carbocycles. The summed E-state index contributed by atoms with van der Waals surface area (Å²) in [7, 11) is 6.51. The molecule has 0 spiro atoms. The molecule has 0 aliphatic carbocycles. The van der Waals surface area contributed by atoms with Crippen LogP contribution in [0.3, 0.4) is 0 Å². The molecule has 10 heteroatoms. The first-order chi connectivity index (χ1) is 30.1. The van der Waals surface area contributed by atoms with Crippen LogP contribution in [0.2, 0.25) is 0 Å². The summed E-state index contributed by atoms with van der Waals surface area (Å²) in [5.74, 6) is 3.49. The second kappa shape index (κ2) is 20.1. The van der Waals surface area contributed by atoms with Crippen LogP contribution >= 0.6 is 0 Å². The van der Waals surface area contributed by atoms with Gasteiger partial charge in [-0.25, -0.2) is 0 Å². The molecule has 0 bridgehead atoms. The van der Waals surface area contributed by atoms with E-state index in [1.54, 1.807) is 28.4 Å². The predicted molar refractivity (Wildman–Crippen MR) is 231 cm³/mol. The van der Waals surface area contributed by atoms with Crippen molar-refractivity contribution in [3.8, 4) is 34.5 Å².